The second kappa shape index (κ2) is 12.2. The number of hydrogen-bond acceptors (Lipinski definition) is 4. The summed E-state index contributed by atoms with van der Waals surface area (Å²) < 4.78 is 17.1. The van der Waals surface area contributed by atoms with Gasteiger partial charge < -0.3 is 14.2 Å². The van der Waals surface area contributed by atoms with Gasteiger partial charge in [-0.25, -0.2) is 0 Å². The highest BCUT2D eigenvalue weighted by atomic mass is 16.7. The van der Waals surface area contributed by atoms with E-state index < -0.39 is 0 Å². The summed E-state index contributed by atoms with van der Waals surface area (Å²) in [7, 11) is 0. The molecule has 1 atom stereocenters. The van der Waals surface area contributed by atoms with Crippen LogP contribution >= 0.6 is 0 Å². The third kappa shape index (κ3) is 8.12. The largest absolute Gasteiger partial charge is 0.489 e. The monoisotopic (exact) mass is 382 g/mol. The predicted octanol–water partition coefficient (Wildman–Crippen LogP) is 5.08. The normalized spacial score (nSPS) is 17.8. The molecule has 1 aromatic rings. The molecule has 1 aromatic carbocycles. The molecule has 0 bridgehead atoms. The first-order valence-corrected chi connectivity index (χ1v) is 9.85. The van der Waals surface area contributed by atoms with Gasteiger partial charge in [-0.15, -0.1) is 6.42 Å². The minimum Gasteiger partial charge on any atom is -0.489 e. The Morgan fingerprint density at radius 1 is 1.25 bits per heavy atom. The van der Waals surface area contributed by atoms with Gasteiger partial charge in [0.1, 0.15) is 18.6 Å². The Morgan fingerprint density at radius 3 is 2.82 bits per heavy atom. The van der Waals surface area contributed by atoms with Crippen molar-refractivity contribution < 1.29 is 19.0 Å². The number of hydrogen-bond donors (Lipinski definition) is 0. The number of ether oxygens (including phenoxy) is 3. The molecule has 0 N–H and O–H groups in total. The molecule has 150 valence electrons. The van der Waals surface area contributed by atoms with Crippen LogP contribution in [0.1, 0.15) is 61.9 Å². The van der Waals surface area contributed by atoms with E-state index in [0.717, 1.165) is 44.1 Å². The van der Waals surface area contributed by atoms with Gasteiger partial charge in [0, 0.05) is 17.7 Å². The van der Waals surface area contributed by atoms with E-state index in [9.17, 15) is 4.79 Å². The average molecular weight is 383 g/mol. The van der Waals surface area contributed by atoms with Crippen LogP contribution in [0.25, 0.3) is 0 Å². The molecule has 0 aromatic heterocycles. The molecule has 0 spiro atoms. The predicted molar refractivity (Wildman–Crippen MR) is 112 cm³/mol. The molecule has 1 fully saturated rings. The van der Waals surface area contributed by atoms with Crippen LogP contribution in [0.2, 0.25) is 0 Å². The first-order chi connectivity index (χ1) is 13.6. The molecule has 0 saturated carbocycles. The fourth-order valence-electron chi connectivity index (χ4n) is 2.90. The highest BCUT2D eigenvalue weighted by molar-refractivity contribution is 5.76. The van der Waals surface area contributed by atoms with Crippen LogP contribution in [-0.2, 0) is 9.47 Å². The lowest BCUT2D eigenvalue weighted by Crippen LogP contribution is -2.22. The SMILES string of the molecule is C#Cc1cc(C=O)cc(OCC(C)=CCCC(C)=CCOC2CCCCO2)c1. The zero-order valence-corrected chi connectivity index (χ0v) is 16.9. The van der Waals surface area contributed by atoms with E-state index in [1.165, 1.54) is 12.0 Å². The van der Waals surface area contributed by atoms with Crippen molar-refractivity contribution in [2.45, 2.75) is 52.2 Å². The van der Waals surface area contributed by atoms with Crippen molar-refractivity contribution in [1.82, 2.24) is 0 Å². The van der Waals surface area contributed by atoms with Crippen molar-refractivity contribution in [3.63, 3.8) is 0 Å². The van der Waals surface area contributed by atoms with Crippen molar-refractivity contribution in [3.8, 4) is 18.1 Å². The summed E-state index contributed by atoms with van der Waals surface area (Å²) in [6.45, 7) is 6.04. The number of aldehydes is 1. The molecule has 2 rings (SSSR count). The van der Waals surface area contributed by atoms with Gasteiger partial charge in [0.2, 0.25) is 0 Å². The Balaban J connectivity index is 1.71. The molecular formula is C24H30O4. The van der Waals surface area contributed by atoms with Crippen molar-refractivity contribution in [1.29, 1.82) is 0 Å². The Hall–Kier alpha value is -2.35. The summed E-state index contributed by atoms with van der Waals surface area (Å²) in [5, 5.41) is 0. The van der Waals surface area contributed by atoms with Gasteiger partial charge in [-0.3, -0.25) is 4.79 Å². The number of allylic oxidation sites excluding steroid dienone is 2. The van der Waals surface area contributed by atoms with E-state index in [0.29, 0.717) is 30.1 Å². The maximum atomic E-state index is 11.0. The third-order valence-corrected chi connectivity index (χ3v) is 4.58. The van der Waals surface area contributed by atoms with Crippen LogP contribution in [0.3, 0.4) is 0 Å². The Bertz CT molecular complexity index is 733. The van der Waals surface area contributed by atoms with E-state index in [2.05, 4.69) is 25.0 Å². The Labute approximate surface area is 168 Å². The molecule has 1 heterocycles. The van der Waals surface area contributed by atoms with Crippen LogP contribution in [-0.4, -0.2) is 32.4 Å². The molecule has 1 aliphatic heterocycles. The van der Waals surface area contributed by atoms with E-state index in [4.69, 9.17) is 20.6 Å². The van der Waals surface area contributed by atoms with E-state index >= 15 is 0 Å². The summed E-state index contributed by atoms with van der Waals surface area (Å²) in [6.07, 6.45) is 15.7. The summed E-state index contributed by atoms with van der Waals surface area (Å²) >= 11 is 0. The standard InChI is InChI=1S/C24H30O4/c1-4-21-14-22(17-25)16-23(15-21)28-18-20(3)9-7-8-19(2)11-13-27-24-10-5-6-12-26-24/h1,9,11,14-17,24H,5-8,10,12-13,18H2,2-3H3. The molecule has 0 radical (unpaired) electrons. The van der Waals surface area contributed by atoms with Crippen LogP contribution < -0.4 is 4.74 Å². The topological polar surface area (TPSA) is 44.8 Å². The second-order valence-electron chi connectivity index (χ2n) is 7.11. The maximum Gasteiger partial charge on any atom is 0.157 e. The quantitative estimate of drug-likeness (QED) is 0.322. The number of rotatable bonds is 10. The van der Waals surface area contributed by atoms with Crippen LogP contribution in [0, 0.1) is 12.3 Å². The molecule has 1 aliphatic rings. The van der Waals surface area contributed by atoms with Crippen LogP contribution in [0.5, 0.6) is 5.75 Å². The van der Waals surface area contributed by atoms with E-state index in [1.807, 2.05) is 6.92 Å². The smallest absolute Gasteiger partial charge is 0.157 e. The molecule has 28 heavy (non-hydrogen) atoms. The van der Waals surface area contributed by atoms with Gasteiger partial charge in [-0.05, 0) is 69.7 Å². The fourth-order valence-corrected chi connectivity index (χ4v) is 2.90. The molecule has 4 heteroatoms. The number of carbonyl (C=O) groups is 1. The molecule has 1 saturated heterocycles. The van der Waals surface area contributed by atoms with Crippen LogP contribution in [0.15, 0.2) is 41.5 Å². The van der Waals surface area contributed by atoms with Crippen molar-refractivity contribution in [2.75, 3.05) is 19.8 Å². The number of terminal acetylenes is 1. The first kappa shape index (κ1) is 21.9. The highest BCUT2D eigenvalue weighted by Gasteiger charge is 2.12. The summed E-state index contributed by atoms with van der Waals surface area (Å²) in [5.41, 5.74) is 3.60. The second-order valence-corrected chi connectivity index (χ2v) is 7.11. The van der Waals surface area contributed by atoms with Crippen LogP contribution in [0.4, 0.5) is 0 Å². The minimum absolute atomic E-state index is 0.0372. The Morgan fingerprint density at radius 2 is 2.11 bits per heavy atom. The zero-order chi connectivity index (χ0) is 20.2. The van der Waals surface area contributed by atoms with Gasteiger partial charge in [0.25, 0.3) is 0 Å². The van der Waals surface area contributed by atoms with Crippen molar-refractivity contribution >= 4 is 6.29 Å². The minimum atomic E-state index is -0.0372. The molecule has 0 amide bonds. The van der Waals surface area contributed by atoms with E-state index in [-0.39, 0.29) is 6.29 Å². The van der Waals surface area contributed by atoms with Gasteiger partial charge >= 0.3 is 0 Å². The van der Waals surface area contributed by atoms with Gasteiger partial charge in [-0.1, -0.05) is 23.6 Å². The lowest BCUT2D eigenvalue weighted by molar-refractivity contribution is -0.155. The molecule has 4 nitrogen and oxygen atoms in total. The lowest BCUT2D eigenvalue weighted by Gasteiger charge is -2.22. The average Bonchev–Trinajstić information content (AvgIpc) is 2.72. The van der Waals surface area contributed by atoms with Crippen molar-refractivity contribution in [2.24, 2.45) is 0 Å². The fraction of sp³-hybridized carbons (Fsp3) is 0.458. The van der Waals surface area contributed by atoms with Gasteiger partial charge in [0.05, 0.1) is 6.61 Å². The first-order valence-electron chi connectivity index (χ1n) is 9.85. The molecular weight excluding hydrogens is 352 g/mol. The van der Waals surface area contributed by atoms with Gasteiger partial charge in [0.15, 0.2) is 6.29 Å². The summed E-state index contributed by atoms with van der Waals surface area (Å²) in [6, 6.07) is 5.13. The summed E-state index contributed by atoms with van der Waals surface area (Å²) in [5.74, 6) is 3.15. The zero-order valence-electron chi connectivity index (χ0n) is 16.9. The highest BCUT2D eigenvalue weighted by Crippen LogP contribution is 2.17. The Kier molecular flexibility index (Phi) is 9.54. The maximum absolute atomic E-state index is 11.0. The number of benzene rings is 1. The molecule has 1 unspecified atom stereocenters. The molecule has 0 aliphatic carbocycles. The summed E-state index contributed by atoms with van der Waals surface area (Å²) in [4.78, 5) is 11.0. The lowest BCUT2D eigenvalue weighted by atomic mass is 10.1. The number of carbonyl (C=O) groups excluding carboxylic acids is 1. The van der Waals surface area contributed by atoms with Crippen molar-refractivity contribution in [3.05, 3.63) is 52.6 Å². The third-order valence-electron chi connectivity index (χ3n) is 4.58. The van der Waals surface area contributed by atoms with Gasteiger partial charge in [-0.2, -0.15) is 0 Å². The van der Waals surface area contributed by atoms with E-state index in [1.54, 1.807) is 18.2 Å².